The first-order valence-corrected chi connectivity index (χ1v) is 19.2. The van der Waals surface area contributed by atoms with Crippen molar-refractivity contribution in [2.24, 2.45) is 35.5 Å². The third kappa shape index (κ3) is 7.68. The molecule has 5 bridgehead atoms. The molecule has 2 aromatic rings. The van der Waals surface area contributed by atoms with E-state index in [0.717, 1.165) is 11.8 Å². The number of ketones is 1. The van der Waals surface area contributed by atoms with Crippen LogP contribution in [0.2, 0.25) is 0 Å². The largest absolute Gasteiger partial charge is 0.507 e. The lowest BCUT2D eigenvalue weighted by Gasteiger charge is -2.39. The predicted octanol–water partition coefficient (Wildman–Crippen LogP) is 5.82. The molecule has 3 aliphatic heterocycles. The number of carbonyl (C=O) groups excluding carboxylic acids is 2. The van der Waals surface area contributed by atoms with Crippen LogP contribution in [0.25, 0.3) is 10.8 Å². The van der Waals surface area contributed by atoms with Gasteiger partial charge in [-0.1, -0.05) is 41.0 Å². The van der Waals surface area contributed by atoms with E-state index in [0.29, 0.717) is 19.3 Å². The quantitative estimate of drug-likeness (QED) is 0.112. The van der Waals surface area contributed by atoms with E-state index in [1.165, 1.54) is 21.0 Å². The summed E-state index contributed by atoms with van der Waals surface area (Å²) in [7, 11) is 1.49. The Morgan fingerprint density at radius 3 is 2.19 bits per heavy atom. The first-order chi connectivity index (χ1) is 24.3. The van der Waals surface area contributed by atoms with Gasteiger partial charge in [0.05, 0.1) is 40.8 Å². The molecule has 0 saturated carbocycles. The van der Waals surface area contributed by atoms with Crippen molar-refractivity contribution in [2.45, 2.75) is 110 Å². The van der Waals surface area contributed by atoms with Crippen LogP contribution in [0, 0.1) is 42.4 Å². The zero-order valence-electron chi connectivity index (χ0n) is 31.5. The average molecular weight is 750 g/mol. The molecule has 3 aliphatic rings. The number of phenolic OH excluding ortho intramolecular Hbond substituents is 3. The van der Waals surface area contributed by atoms with Crippen molar-refractivity contribution in [1.29, 1.82) is 0 Å². The number of carbonyl (C=O) groups is 3. The van der Waals surface area contributed by atoms with Gasteiger partial charge in [0, 0.05) is 43.2 Å². The fourth-order valence-corrected chi connectivity index (χ4v) is 8.68. The zero-order valence-corrected chi connectivity index (χ0v) is 32.3. The van der Waals surface area contributed by atoms with Gasteiger partial charge < -0.3 is 50.2 Å². The maximum atomic E-state index is 14.2. The molecule has 290 valence electrons. The normalized spacial score (nSPS) is 32.6. The van der Waals surface area contributed by atoms with Crippen molar-refractivity contribution in [1.82, 2.24) is 0 Å². The molecular weight excluding hydrogens is 694 g/mol. The number of anilines is 1. The van der Waals surface area contributed by atoms with Crippen molar-refractivity contribution in [3.63, 3.8) is 0 Å². The number of hydrogen-bond acceptors (Lipinski definition) is 12. The molecule has 0 fully saturated rings. The molecule has 7 N–H and O–H groups in total. The number of thioether (sulfide) groups is 1. The van der Waals surface area contributed by atoms with Gasteiger partial charge in [-0.2, -0.15) is 0 Å². The highest BCUT2D eigenvalue weighted by atomic mass is 32.2. The number of ether oxygens (including phenoxy) is 3. The number of amides is 1. The molecule has 0 aromatic heterocycles. The number of benzene rings is 2. The van der Waals surface area contributed by atoms with E-state index in [-0.39, 0.29) is 63.6 Å². The van der Waals surface area contributed by atoms with Crippen LogP contribution >= 0.6 is 11.8 Å². The van der Waals surface area contributed by atoms with Gasteiger partial charge in [-0.15, -0.1) is 11.8 Å². The molecule has 5 rings (SSSR count). The first-order valence-electron chi connectivity index (χ1n) is 17.9. The number of methoxy groups -OCH3 is 1. The highest BCUT2D eigenvalue weighted by molar-refractivity contribution is 7.98. The van der Waals surface area contributed by atoms with Gasteiger partial charge in [0.25, 0.3) is 5.79 Å². The molecule has 0 spiro atoms. The van der Waals surface area contributed by atoms with Crippen LogP contribution in [-0.2, 0) is 19.1 Å². The summed E-state index contributed by atoms with van der Waals surface area (Å²) in [5.41, 5.74) is -0.0857. The van der Waals surface area contributed by atoms with E-state index in [2.05, 4.69) is 5.32 Å². The Morgan fingerprint density at radius 2 is 1.60 bits per heavy atom. The maximum Gasteiger partial charge on any atom is 0.303 e. The van der Waals surface area contributed by atoms with Crippen molar-refractivity contribution >= 4 is 45.9 Å². The number of aliphatic hydroxyl groups is 2. The predicted molar refractivity (Wildman–Crippen MR) is 196 cm³/mol. The Kier molecular flexibility index (Phi) is 13.1. The van der Waals surface area contributed by atoms with E-state index in [1.807, 2.05) is 13.8 Å². The third-order valence-corrected chi connectivity index (χ3v) is 12.4. The highest BCUT2D eigenvalue weighted by Crippen LogP contribution is 2.57. The molecule has 52 heavy (non-hydrogen) atoms. The summed E-state index contributed by atoms with van der Waals surface area (Å²) in [5.74, 6) is -8.38. The Balaban J connectivity index is 1.82. The standard InChI is InChI=1S/C38H55NO12S/c1-16-11-10-12-17(2)37(48)39-28-32(45)26-25(33(46)35(28)52-9)27-34(21(6)31(26)44)51-38(7,36(27)47)50-14-13-23(49-8)18(3)22(15-24(40)41)19(4)30(43)20(5)29(16)42/h16-20,22-23,29-30,42-46H,10-15H2,1-9H3,(H,39,48)(H,40,41). The fourth-order valence-electron chi connectivity index (χ4n) is 8.03. The average Bonchev–Trinajstić information content (AvgIpc) is 3.36. The molecule has 0 radical (unpaired) electrons. The van der Waals surface area contributed by atoms with Gasteiger partial charge in [-0.25, -0.2) is 0 Å². The van der Waals surface area contributed by atoms with Crippen molar-refractivity contribution < 1.29 is 59.2 Å². The zero-order chi connectivity index (χ0) is 39.0. The number of Topliss-reactive ketones (excluding diaryl/α,β-unsaturated/α-hetero) is 1. The number of rotatable bonds is 4. The molecule has 10 unspecified atom stereocenters. The number of carboxylic acid groups (broad SMARTS) is 1. The molecule has 0 saturated heterocycles. The lowest BCUT2D eigenvalue weighted by atomic mass is 9.71. The monoisotopic (exact) mass is 749 g/mol. The van der Waals surface area contributed by atoms with Gasteiger partial charge in [0.1, 0.15) is 22.9 Å². The number of nitrogens with one attached hydrogen (secondary N) is 1. The Bertz CT molecular complexity index is 1680. The molecule has 13 nitrogen and oxygen atoms in total. The van der Waals surface area contributed by atoms with E-state index in [4.69, 9.17) is 14.2 Å². The number of aliphatic hydroxyl groups excluding tert-OH is 2. The lowest BCUT2D eigenvalue weighted by Crippen LogP contribution is -2.44. The topological polar surface area (TPSA) is 212 Å². The third-order valence-electron chi connectivity index (χ3n) is 11.6. The minimum atomic E-state index is -1.90. The van der Waals surface area contributed by atoms with Crippen molar-refractivity contribution in [2.75, 3.05) is 25.3 Å². The Morgan fingerprint density at radius 1 is 0.942 bits per heavy atom. The van der Waals surface area contributed by atoms with Crippen LogP contribution in [0.5, 0.6) is 23.0 Å². The number of phenols is 3. The van der Waals surface area contributed by atoms with Crippen LogP contribution in [0.3, 0.4) is 0 Å². The number of aromatic hydroxyl groups is 3. The van der Waals surface area contributed by atoms with E-state index in [1.54, 1.807) is 27.0 Å². The smallest absolute Gasteiger partial charge is 0.303 e. The summed E-state index contributed by atoms with van der Waals surface area (Å²) in [4.78, 5) is 39.8. The molecule has 0 aliphatic carbocycles. The van der Waals surface area contributed by atoms with E-state index >= 15 is 0 Å². The summed E-state index contributed by atoms with van der Waals surface area (Å²) in [6.07, 6.45) is 0.605. The second-order valence-corrected chi connectivity index (χ2v) is 15.8. The molecule has 2 aromatic carbocycles. The number of aliphatic carboxylic acids is 1. The molecule has 14 heteroatoms. The van der Waals surface area contributed by atoms with Gasteiger partial charge >= 0.3 is 5.97 Å². The van der Waals surface area contributed by atoms with E-state index in [9.17, 15) is 45.0 Å². The minimum Gasteiger partial charge on any atom is -0.507 e. The summed E-state index contributed by atoms with van der Waals surface area (Å²) >= 11 is 1.03. The molecule has 3 heterocycles. The SMILES string of the molecule is COC1CCOC2(C)Oc3c(C)c(O)c4c(O)c(c(SC)c(O)c4c3C2=O)NC(=O)C(C)CCCC(C)C(O)C(C)C(O)C(C)C(CC(=O)O)C1C. The van der Waals surface area contributed by atoms with Gasteiger partial charge in [0.15, 0.2) is 5.75 Å². The second-order valence-electron chi connectivity index (χ2n) is 14.9. The second kappa shape index (κ2) is 16.4. The van der Waals surface area contributed by atoms with Crippen LogP contribution in [-0.4, -0.2) is 92.4 Å². The van der Waals surface area contributed by atoms with Gasteiger partial charge in [-0.05, 0) is 56.1 Å². The van der Waals surface area contributed by atoms with Crippen LogP contribution < -0.4 is 10.1 Å². The first kappa shape index (κ1) is 41.5. The van der Waals surface area contributed by atoms with Crippen LogP contribution in [0.1, 0.15) is 89.6 Å². The highest BCUT2D eigenvalue weighted by Gasteiger charge is 2.49. The fraction of sp³-hybridized carbons (Fsp3) is 0.658. The Hall–Kier alpha value is -3.30. The number of carboxylic acids is 1. The summed E-state index contributed by atoms with van der Waals surface area (Å²) in [6.45, 7) is 11.8. The van der Waals surface area contributed by atoms with Crippen LogP contribution in [0.4, 0.5) is 5.69 Å². The number of fused-ring (bicyclic) bond motifs is 17. The summed E-state index contributed by atoms with van der Waals surface area (Å²) < 4.78 is 18.0. The van der Waals surface area contributed by atoms with Crippen LogP contribution in [0.15, 0.2) is 4.90 Å². The molecule has 10 atom stereocenters. The van der Waals surface area contributed by atoms with E-state index < -0.39 is 88.6 Å². The van der Waals surface area contributed by atoms with Crippen molar-refractivity contribution in [3.8, 4) is 23.0 Å². The number of hydrogen-bond donors (Lipinski definition) is 7. The minimum absolute atomic E-state index is 0.0262. The maximum absolute atomic E-state index is 14.2. The summed E-state index contributed by atoms with van der Waals surface area (Å²) in [6, 6.07) is 0. The summed E-state index contributed by atoms with van der Waals surface area (Å²) in [5, 5.41) is 69.6. The van der Waals surface area contributed by atoms with Gasteiger partial charge in [-0.3, -0.25) is 14.4 Å². The van der Waals surface area contributed by atoms with Gasteiger partial charge in [0.2, 0.25) is 11.7 Å². The Labute approximate surface area is 309 Å². The lowest BCUT2D eigenvalue weighted by molar-refractivity contribution is -0.143. The molecule has 1 amide bonds. The van der Waals surface area contributed by atoms with Crippen molar-refractivity contribution in [3.05, 3.63) is 11.1 Å². The molecular formula is C38H55NO12S.